The molecule has 2 aromatic carbocycles. The van der Waals surface area contributed by atoms with E-state index in [4.69, 9.17) is 5.11 Å². The van der Waals surface area contributed by atoms with Crippen LogP contribution in [0.15, 0.2) is 58.3 Å². The van der Waals surface area contributed by atoms with Gasteiger partial charge < -0.3 is 19.5 Å². The molecule has 0 aliphatic heterocycles. The number of rotatable bonds is 19. The normalized spacial score (nSPS) is 11.5. The van der Waals surface area contributed by atoms with E-state index in [1.807, 2.05) is 0 Å². The summed E-state index contributed by atoms with van der Waals surface area (Å²) in [6.07, 6.45) is 20.4. The van der Waals surface area contributed by atoms with Gasteiger partial charge in [-0.15, -0.1) is 0 Å². The van der Waals surface area contributed by atoms with Crippen LogP contribution in [0.5, 0.6) is 0 Å². The van der Waals surface area contributed by atoms with E-state index in [2.05, 4.69) is 28.1 Å². The van der Waals surface area contributed by atoms with E-state index in [1.165, 1.54) is 121 Å². The predicted octanol–water partition coefficient (Wildman–Crippen LogP) is 6.76. The standard InChI is InChI=1S/C19H42N.C14H10O6S/c1-5-6-7-8-9-10-11-12-13-14-15-16-17-18-19-20(2,3)4;15-13(16)9-1-5-11(6-2-9)21(19,20)12-7-3-10(4-8-12)14(17)18/h5-19H2,1-4H3;1-8H,(H,15,16)(H,17,18)/q+1;/p-1. The van der Waals surface area contributed by atoms with Crippen molar-refractivity contribution in [1.82, 2.24) is 0 Å². The quantitative estimate of drug-likeness (QED) is 0.143. The molecule has 0 amide bonds. The predicted molar refractivity (Wildman–Crippen MR) is 163 cm³/mol. The first-order chi connectivity index (χ1) is 19.4. The fourth-order valence-corrected chi connectivity index (χ4v) is 5.72. The van der Waals surface area contributed by atoms with Gasteiger partial charge in [0.1, 0.15) is 0 Å². The fraction of sp³-hybridized carbons (Fsp3) is 0.576. The van der Waals surface area contributed by atoms with Crippen LogP contribution in [0.2, 0.25) is 0 Å². The number of carboxylic acids is 2. The van der Waals surface area contributed by atoms with Gasteiger partial charge in [-0.25, -0.2) is 13.2 Å². The summed E-state index contributed by atoms with van der Waals surface area (Å²) >= 11 is 0. The van der Waals surface area contributed by atoms with Crippen molar-refractivity contribution in [3.8, 4) is 0 Å². The van der Waals surface area contributed by atoms with E-state index in [1.54, 1.807) is 0 Å². The Kier molecular flexibility index (Phi) is 17.2. The molecule has 0 atom stereocenters. The maximum Gasteiger partial charge on any atom is 0.335 e. The minimum Gasteiger partial charge on any atom is -0.545 e. The van der Waals surface area contributed by atoms with Crippen LogP contribution in [0.25, 0.3) is 0 Å². The summed E-state index contributed by atoms with van der Waals surface area (Å²) in [6, 6.07) is 9.32. The first-order valence-electron chi connectivity index (χ1n) is 15.1. The second-order valence-electron chi connectivity index (χ2n) is 11.8. The van der Waals surface area contributed by atoms with Crippen LogP contribution in [0.3, 0.4) is 0 Å². The van der Waals surface area contributed by atoms with Gasteiger partial charge in [-0.3, -0.25) is 0 Å². The van der Waals surface area contributed by atoms with E-state index >= 15 is 0 Å². The molecule has 0 heterocycles. The van der Waals surface area contributed by atoms with E-state index in [0.717, 1.165) is 28.7 Å². The Labute approximate surface area is 248 Å². The van der Waals surface area contributed by atoms with Crippen LogP contribution in [-0.4, -0.2) is 57.6 Å². The number of aromatic carboxylic acids is 2. The third-order valence-corrected chi connectivity index (χ3v) is 8.78. The van der Waals surface area contributed by atoms with Crippen LogP contribution >= 0.6 is 0 Å². The van der Waals surface area contributed by atoms with Crippen molar-refractivity contribution in [2.75, 3.05) is 27.7 Å². The van der Waals surface area contributed by atoms with Gasteiger partial charge in [0.2, 0.25) is 9.84 Å². The zero-order valence-corrected chi connectivity index (χ0v) is 26.4. The van der Waals surface area contributed by atoms with Gasteiger partial charge >= 0.3 is 5.97 Å². The minimum atomic E-state index is -3.83. The lowest BCUT2D eigenvalue weighted by atomic mass is 10.0. The Morgan fingerprint density at radius 2 is 0.976 bits per heavy atom. The van der Waals surface area contributed by atoms with E-state index in [0.29, 0.717) is 0 Å². The molecule has 0 radical (unpaired) electrons. The van der Waals surface area contributed by atoms with Crippen molar-refractivity contribution in [1.29, 1.82) is 0 Å². The van der Waals surface area contributed by atoms with Gasteiger partial charge in [0.25, 0.3) is 0 Å². The highest BCUT2D eigenvalue weighted by Gasteiger charge is 2.18. The van der Waals surface area contributed by atoms with Crippen molar-refractivity contribution in [2.45, 2.75) is 107 Å². The molecule has 0 saturated heterocycles. The molecule has 2 aromatic rings. The van der Waals surface area contributed by atoms with E-state index in [9.17, 15) is 23.1 Å². The Bertz CT molecular complexity index is 1060. The minimum absolute atomic E-state index is 0.0266. The number of carbonyl (C=O) groups is 2. The summed E-state index contributed by atoms with van der Waals surface area (Å²) in [5.41, 5.74) is -0.156. The molecule has 0 aliphatic carbocycles. The van der Waals surface area contributed by atoms with Crippen LogP contribution < -0.4 is 5.11 Å². The summed E-state index contributed by atoms with van der Waals surface area (Å²) in [5.74, 6) is -2.55. The van der Waals surface area contributed by atoms with Crippen LogP contribution in [-0.2, 0) is 9.84 Å². The Morgan fingerprint density at radius 1 is 0.634 bits per heavy atom. The number of unbranched alkanes of at least 4 members (excludes halogenated alkanes) is 13. The lowest BCUT2D eigenvalue weighted by Crippen LogP contribution is -2.35. The maximum atomic E-state index is 12.3. The number of carboxylic acid groups (broad SMARTS) is 2. The molecule has 0 aromatic heterocycles. The van der Waals surface area contributed by atoms with Gasteiger partial charge in [0.15, 0.2) is 0 Å². The topological polar surface area (TPSA) is 112 Å². The number of nitrogens with zero attached hydrogens (tertiary/aromatic N) is 1. The summed E-state index contributed by atoms with van der Waals surface area (Å²) < 4.78 is 25.7. The highest BCUT2D eigenvalue weighted by molar-refractivity contribution is 7.91. The van der Waals surface area contributed by atoms with Crippen molar-refractivity contribution >= 4 is 21.8 Å². The SMILES string of the molecule is CCCCCCCCCCCCCCCC[N+](C)(C)C.O=C([O-])c1ccc(S(=O)(=O)c2ccc(C(=O)O)cc2)cc1. The molecule has 0 saturated carbocycles. The molecule has 7 nitrogen and oxygen atoms in total. The summed E-state index contributed by atoms with van der Waals surface area (Å²) in [7, 11) is 3.05. The fourth-order valence-electron chi connectivity index (χ4n) is 4.46. The number of quaternary nitrogens is 1. The molecule has 41 heavy (non-hydrogen) atoms. The van der Waals surface area contributed by atoms with Crippen LogP contribution in [0, 0.1) is 0 Å². The third kappa shape index (κ3) is 15.8. The van der Waals surface area contributed by atoms with Gasteiger partial charge in [0, 0.05) is 0 Å². The summed E-state index contributed by atoms with van der Waals surface area (Å²) in [6.45, 7) is 3.63. The van der Waals surface area contributed by atoms with Crippen molar-refractivity contribution in [3.05, 3.63) is 59.7 Å². The van der Waals surface area contributed by atoms with E-state index in [-0.39, 0.29) is 20.9 Å². The van der Waals surface area contributed by atoms with E-state index < -0.39 is 21.8 Å². The molecule has 8 heteroatoms. The van der Waals surface area contributed by atoms with Crippen LogP contribution in [0.1, 0.15) is 118 Å². The molecule has 230 valence electrons. The smallest absolute Gasteiger partial charge is 0.335 e. The molecule has 2 rings (SSSR count). The van der Waals surface area contributed by atoms with Crippen LogP contribution in [0.4, 0.5) is 0 Å². The third-order valence-electron chi connectivity index (χ3n) is 6.99. The largest absolute Gasteiger partial charge is 0.545 e. The first-order valence-corrected chi connectivity index (χ1v) is 16.6. The Hall–Kier alpha value is -2.71. The molecule has 0 spiro atoms. The number of benzene rings is 2. The van der Waals surface area contributed by atoms with Gasteiger partial charge in [0.05, 0.1) is 49.0 Å². The monoisotopic (exact) mass is 589 g/mol. The molecule has 0 fully saturated rings. The molecule has 0 bridgehead atoms. The molecular weight excluding hydrogens is 538 g/mol. The van der Waals surface area contributed by atoms with Crippen molar-refractivity contribution in [2.24, 2.45) is 0 Å². The van der Waals surface area contributed by atoms with Gasteiger partial charge in [-0.2, -0.15) is 0 Å². The highest BCUT2D eigenvalue weighted by atomic mass is 32.2. The molecule has 0 unspecified atom stereocenters. The molecule has 1 N–H and O–H groups in total. The lowest BCUT2D eigenvalue weighted by Gasteiger charge is -2.23. The van der Waals surface area contributed by atoms with Crippen molar-refractivity contribution < 1.29 is 32.7 Å². The number of sulfone groups is 1. The Morgan fingerprint density at radius 3 is 1.29 bits per heavy atom. The second-order valence-corrected chi connectivity index (χ2v) is 13.7. The Balaban J connectivity index is 0.000000411. The number of hydrogen-bond donors (Lipinski definition) is 1. The average Bonchev–Trinajstić information content (AvgIpc) is 2.93. The zero-order valence-electron chi connectivity index (χ0n) is 25.6. The average molecular weight is 590 g/mol. The zero-order chi connectivity index (χ0) is 30.7. The number of hydrogen-bond acceptors (Lipinski definition) is 5. The van der Waals surface area contributed by atoms with Crippen molar-refractivity contribution in [3.63, 3.8) is 0 Å². The maximum absolute atomic E-state index is 12.3. The summed E-state index contributed by atoms with van der Waals surface area (Å²) in [5, 5.41) is 19.4. The number of carbonyl (C=O) groups excluding carboxylic acids is 1. The highest BCUT2D eigenvalue weighted by Crippen LogP contribution is 2.21. The second kappa shape index (κ2) is 19.4. The lowest BCUT2D eigenvalue weighted by molar-refractivity contribution is -0.870. The summed E-state index contributed by atoms with van der Waals surface area (Å²) in [4.78, 5) is 21.2. The molecule has 0 aliphatic rings. The molecular formula is C33H51NO6S. The first kappa shape index (κ1) is 36.3. The van der Waals surface area contributed by atoms with Gasteiger partial charge in [-0.1, -0.05) is 96.1 Å². The van der Waals surface area contributed by atoms with Gasteiger partial charge in [-0.05, 0) is 54.8 Å².